The predicted molar refractivity (Wildman–Crippen MR) is 92.3 cm³/mol. The number of carboxylic acid groups (broad SMARTS) is 1. The molecule has 1 aromatic heterocycles. The number of carbonyl (C=O) groups excluding carboxylic acids is 1. The Labute approximate surface area is 141 Å². The molecule has 0 saturated heterocycles. The number of benzene rings is 1. The average Bonchev–Trinajstić information content (AvgIpc) is 2.89. The minimum atomic E-state index is -1.20. The molecule has 0 fully saturated rings. The molecule has 1 heterocycles. The third-order valence-corrected chi connectivity index (χ3v) is 4.07. The van der Waals surface area contributed by atoms with Crippen LogP contribution in [-0.2, 0) is 16.0 Å². The lowest BCUT2D eigenvalue weighted by Gasteiger charge is -2.24. The average molecular weight is 332 g/mol. The summed E-state index contributed by atoms with van der Waals surface area (Å²) < 4.78 is 5.04. The molecular formula is C18H24N2O4. The van der Waals surface area contributed by atoms with Crippen molar-refractivity contribution >= 4 is 22.8 Å². The standard InChI is InChI=1S/C18H24N2O4/c1-4-20(12(2)3)8-7-13-11-19-16-9-14(5-6-15(13)16)24-18(23)10-17(21)22/h5-6,9,11-12,19H,4,7-8,10H2,1-3H3,(H,21,22). The van der Waals surface area contributed by atoms with E-state index in [0.717, 1.165) is 30.4 Å². The van der Waals surface area contributed by atoms with Gasteiger partial charge < -0.3 is 19.7 Å². The number of rotatable bonds is 8. The van der Waals surface area contributed by atoms with Crippen LogP contribution in [0.5, 0.6) is 5.75 Å². The van der Waals surface area contributed by atoms with Crippen molar-refractivity contribution in [3.8, 4) is 5.75 Å². The molecule has 2 N–H and O–H groups in total. The SMILES string of the molecule is CCN(CCc1c[nH]c2cc(OC(=O)CC(=O)O)ccc12)C(C)C. The Balaban J connectivity index is 2.08. The Bertz CT molecular complexity index is 721. The van der Waals surface area contributed by atoms with Crippen molar-refractivity contribution in [2.75, 3.05) is 13.1 Å². The number of aromatic amines is 1. The van der Waals surface area contributed by atoms with Crippen molar-refractivity contribution in [3.05, 3.63) is 30.0 Å². The molecule has 0 radical (unpaired) electrons. The van der Waals surface area contributed by atoms with Gasteiger partial charge in [0.05, 0.1) is 0 Å². The van der Waals surface area contributed by atoms with Crippen molar-refractivity contribution in [1.29, 1.82) is 0 Å². The van der Waals surface area contributed by atoms with Gasteiger partial charge in [0.2, 0.25) is 0 Å². The number of hydrogen-bond acceptors (Lipinski definition) is 4. The molecule has 2 rings (SSSR count). The molecule has 0 aliphatic rings. The zero-order valence-corrected chi connectivity index (χ0v) is 14.3. The second kappa shape index (κ2) is 7.97. The van der Waals surface area contributed by atoms with E-state index in [4.69, 9.17) is 9.84 Å². The first-order valence-electron chi connectivity index (χ1n) is 8.17. The third kappa shape index (κ3) is 4.58. The third-order valence-electron chi connectivity index (χ3n) is 4.07. The number of likely N-dealkylation sites (N-methyl/N-ethyl adjacent to an activating group) is 1. The number of aliphatic carboxylic acids is 1. The Morgan fingerprint density at radius 1 is 1.33 bits per heavy atom. The van der Waals surface area contributed by atoms with Crippen LogP contribution in [0.1, 0.15) is 32.8 Å². The Morgan fingerprint density at radius 2 is 2.08 bits per heavy atom. The summed E-state index contributed by atoms with van der Waals surface area (Å²) in [6, 6.07) is 5.83. The van der Waals surface area contributed by atoms with Gasteiger partial charge in [-0.2, -0.15) is 0 Å². The van der Waals surface area contributed by atoms with Crippen LogP contribution in [0, 0.1) is 0 Å². The van der Waals surface area contributed by atoms with Gasteiger partial charge in [-0.3, -0.25) is 9.59 Å². The lowest BCUT2D eigenvalue weighted by molar-refractivity contribution is -0.145. The number of carboxylic acids is 1. The molecule has 6 nitrogen and oxygen atoms in total. The van der Waals surface area contributed by atoms with Crippen LogP contribution < -0.4 is 4.74 Å². The smallest absolute Gasteiger partial charge is 0.322 e. The van der Waals surface area contributed by atoms with Gasteiger partial charge >= 0.3 is 11.9 Å². The number of nitrogens with zero attached hydrogens (tertiary/aromatic N) is 1. The highest BCUT2D eigenvalue weighted by Crippen LogP contribution is 2.24. The van der Waals surface area contributed by atoms with Gasteiger partial charge in [0, 0.05) is 35.8 Å². The normalized spacial score (nSPS) is 11.4. The first kappa shape index (κ1) is 18.0. The van der Waals surface area contributed by atoms with E-state index in [1.807, 2.05) is 12.3 Å². The Morgan fingerprint density at radius 3 is 2.71 bits per heavy atom. The van der Waals surface area contributed by atoms with Crippen LogP contribution in [-0.4, -0.2) is 46.1 Å². The summed E-state index contributed by atoms with van der Waals surface area (Å²) >= 11 is 0. The summed E-state index contributed by atoms with van der Waals surface area (Å²) in [5.74, 6) is -1.63. The summed E-state index contributed by atoms with van der Waals surface area (Å²) in [5.41, 5.74) is 2.09. The molecule has 130 valence electrons. The van der Waals surface area contributed by atoms with Gasteiger partial charge in [-0.05, 0) is 44.5 Å². The van der Waals surface area contributed by atoms with E-state index >= 15 is 0 Å². The van der Waals surface area contributed by atoms with E-state index in [-0.39, 0.29) is 0 Å². The molecule has 0 amide bonds. The molecule has 0 atom stereocenters. The largest absolute Gasteiger partial charge is 0.481 e. The van der Waals surface area contributed by atoms with Gasteiger partial charge in [0.1, 0.15) is 12.2 Å². The van der Waals surface area contributed by atoms with Crippen LogP contribution in [0.4, 0.5) is 0 Å². The van der Waals surface area contributed by atoms with Crippen LogP contribution in [0.3, 0.4) is 0 Å². The number of nitrogens with one attached hydrogen (secondary N) is 1. The highest BCUT2D eigenvalue weighted by Gasteiger charge is 2.12. The van der Waals surface area contributed by atoms with Gasteiger partial charge in [-0.1, -0.05) is 6.92 Å². The lowest BCUT2D eigenvalue weighted by Crippen LogP contribution is -2.32. The quantitative estimate of drug-likeness (QED) is 0.441. The van der Waals surface area contributed by atoms with Crippen molar-refractivity contribution in [1.82, 2.24) is 9.88 Å². The molecule has 0 spiro atoms. The highest BCUT2D eigenvalue weighted by molar-refractivity contribution is 5.92. The van der Waals surface area contributed by atoms with E-state index < -0.39 is 18.4 Å². The molecule has 0 saturated carbocycles. The summed E-state index contributed by atoms with van der Waals surface area (Å²) in [4.78, 5) is 27.5. The first-order chi connectivity index (χ1) is 11.4. The van der Waals surface area contributed by atoms with Gasteiger partial charge in [-0.25, -0.2) is 0 Å². The van der Waals surface area contributed by atoms with E-state index in [9.17, 15) is 9.59 Å². The van der Waals surface area contributed by atoms with E-state index in [2.05, 4.69) is 30.7 Å². The van der Waals surface area contributed by atoms with Gasteiger partial charge in [0.15, 0.2) is 0 Å². The number of carbonyl (C=O) groups is 2. The van der Waals surface area contributed by atoms with Crippen molar-refractivity contribution < 1.29 is 19.4 Å². The molecule has 0 aliphatic heterocycles. The molecule has 0 unspecified atom stereocenters. The number of H-pyrrole nitrogens is 1. The van der Waals surface area contributed by atoms with Crippen LogP contribution in [0.25, 0.3) is 10.9 Å². The van der Waals surface area contributed by atoms with E-state index in [0.29, 0.717) is 11.8 Å². The fourth-order valence-corrected chi connectivity index (χ4v) is 2.77. The minimum Gasteiger partial charge on any atom is -0.481 e. The summed E-state index contributed by atoms with van der Waals surface area (Å²) in [6.07, 6.45) is 2.27. The summed E-state index contributed by atoms with van der Waals surface area (Å²) in [6.45, 7) is 8.54. The van der Waals surface area contributed by atoms with Crippen molar-refractivity contribution in [3.63, 3.8) is 0 Å². The highest BCUT2D eigenvalue weighted by atomic mass is 16.5. The zero-order chi connectivity index (χ0) is 17.7. The van der Waals surface area contributed by atoms with Gasteiger partial charge in [-0.15, -0.1) is 0 Å². The van der Waals surface area contributed by atoms with E-state index in [1.54, 1.807) is 12.1 Å². The number of ether oxygens (including phenoxy) is 1. The molecule has 2 aromatic rings. The van der Waals surface area contributed by atoms with Crippen LogP contribution in [0.2, 0.25) is 0 Å². The maximum atomic E-state index is 11.4. The molecule has 24 heavy (non-hydrogen) atoms. The minimum absolute atomic E-state index is 0.347. The molecule has 0 bridgehead atoms. The zero-order valence-electron chi connectivity index (χ0n) is 14.3. The maximum Gasteiger partial charge on any atom is 0.322 e. The predicted octanol–water partition coefficient (Wildman–Crippen LogP) is 2.82. The Hall–Kier alpha value is -2.34. The molecular weight excluding hydrogens is 308 g/mol. The molecule has 6 heteroatoms. The second-order valence-electron chi connectivity index (χ2n) is 6.04. The maximum absolute atomic E-state index is 11.4. The van der Waals surface area contributed by atoms with Crippen molar-refractivity contribution in [2.24, 2.45) is 0 Å². The fraction of sp³-hybridized carbons (Fsp3) is 0.444. The fourth-order valence-electron chi connectivity index (χ4n) is 2.77. The molecule has 1 aromatic carbocycles. The number of esters is 1. The lowest BCUT2D eigenvalue weighted by atomic mass is 10.1. The summed E-state index contributed by atoms with van der Waals surface area (Å²) in [7, 11) is 0. The van der Waals surface area contributed by atoms with Crippen LogP contribution in [0.15, 0.2) is 24.4 Å². The number of aromatic nitrogens is 1. The number of fused-ring (bicyclic) bond motifs is 1. The van der Waals surface area contributed by atoms with Crippen LogP contribution >= 0.6 is 0 Å². The topological polar surface area (TPSA) is 82.6 Å². The second-order valence-corrected chi connectivity index (χ2v) is 6.04. The van der Waals surface area contributed by atoms with Gasteiger partial charge in [0.25, 0.3) is 0 Å². The Kier molecular flexibility index (Phi) is 5.98. The first-order valence-corrected chi connectivity index (χ1v) is 8.17. The van der Waals surface area contributed by atoms with Crippen molar-refractivity contribution in [2.45, 2.75) is 39.7 Å². The monoisotopic (exact) mass is 332 g/mol. The van der Waals surface area contributed by atoms with E-state index in [1.165, 1.54) is 5.56 Å². The summed E-state index contributed by atoms with van der Waals surface area (Å²) in [5, 5.41) is 9.68. The molecule has 0 aliphatic carbocycles. The number of hydrogen-bond donors (Lipinski definition) is 2.